The summed E-state index contributed by atoms with van der Waals surface area (Å²) in [7, 11) is 0. The Morgan fingerprint density at radius 3 is 2.36 bits per heavy atom. The van der Waals surface area contributed by atoms with Crippen molar-refractivity contribution in [2.45, 2.75) is 32.8 Å². The molecule has 0 amide bonds. The third kappa shape index (κ3) is 4.74. The number of nitrogens with zero attached hydrogens (tertiary/aromatic N) is 5. The number of aromatic nitrogens is 3. The monoisotopic (exact) mass is 341 g/mol. The minimum Gasteiger partial charge on any atom is -0.389 e. The van der Waals surface area contributed by atoms with E-state index in [1.54, 1.807) is 12.4 Å². The fourth-order valence-electron chi connectivity index (χ4n) is 3.14. The van der Waals surface area contributed by atoms with Gasteiger partial charge < -0.3 is 10.0 Å². The van der Waals surface area contributed by atoms with Crippen molar-refractivity contribution in [3.63, 3.8) is 0 Å². The summed E-state index contributed by atoms with van der Waals surface area (Å²) in [4.78, 5) is 18.2. The van der Waals surface area contributed by atoms with Crippen LogP contribution >= 0.6 is 0 Å². The third-order valence-corrected chi connectivity index (χ3v) is 4.37. The Kier molecular flexibility index (Phi) is 5.30. The van der Waals surface area contributed by atoms with E-state index < -0.39 is 5.60 Å². The first-order valence-corrected chi connectivity index (χ1v) is 8.92. The van der Waals surface area contributed by atoms with E-state index in [2.05, 4.69) is 32.8 Å². The summed E-state index contributed by atoms with van der Waals surface area (Å²) in [5.41, 5.74) is 1.39. The highest BCUT2D eigenvalue weighted by atomic mass is 16.3. The first-order valence-electron chi connectivity index (χ1n) is 8.92. The molecule has 25 heavy (non-hydrogen) atoms. The van der Waals surface area contributed by atoms with E-state index in [0.29, 0.717) is 6.54 Å². The highest BCUT2D eigenvalue weighted by Crippen LogP contribution is 2.21. The van der Waals surface area contributed by atoms with Gasteiger partial charge in [-0.15, -0.1) is 0 Å². The first-order chi connectivity index (χ1) is 11.9. The molecule has 1 N–H and O–H groups in total. The molecule has 0 saturated carbocycles. The second-order valence-electron chi connectivity index (χ2n) is 7.21. The first kappa shape index (κ1) is 17.8. The molecule has 134 valence electrons. The van der Waals surface area contributed by atoms with Gasteiger partial charge in [0.15, 0.2) is 5.82 Å². The largest absolute Gasteiger partial charge is 0.389 e. The zero-order chi connectivity index (χ0) is 17.9. The lowest BCUT2D eigenvalue weighted by molar-refractivity contribution is 0.0344. The second-order valence-corrected chi connectivity index (χ2v) is 7.21. The van der Waals surface area contributed by atoms with Gasteiger partial charge in [0.2, 0.25) is 0 Å². The van der Waals surface area contributed by atoms with Crippen molar-refractivity contribution >= 4 is 5.82 Å². The predicted octanol–water partition coefficient (Wildman–Crippen LogP) is 1.99. The topological polar surface area (TPSA) is 65.4 Å². The zero-order valence-corrected chi connectivity index (χ0v) is 15.3. The minimum atomic E-state index is -0.652. The van der Waals surface area contributed by atoms with E-state index in [4.69, 9.17) is 4.98 Å². The maximum atomic E-state index is 10.0. The van der Waals surface area contributed by atoms with Gasteiger partial charge in [-0.25, -0.2) is 9.97 Å². The van der Waals surface area contributed by atoms with Gasteiger partial charge in [0, 0.05) is 62.4 Å². The van der Waals surface area contributed by atoms with Gasteiger partial charge in [0.25, 0.3) is 0 Å². The minimum absolute atomic E-state index is 0.652. The molecule has 0 radical (unpaired) electrons. The summed E-state index contributed by atoms with van der Waals surface area (Å²) >= 11 is 0. The highest BCUT2D eigenvalue weighted by Gasteiger charge is 2.23. The maximum absolute atomic E-state index is 10.0. The molecule has 6 heteroatoms. The number of aliphatic hydroxyl groups is 1. The van der Waals surface area contributed by atoms with Gasteiger partial charge >= 0.3 is 0 Å². The number of pyridine rings is 1. The average Bonchev–Trinajstić information content (AvgIpc) is 2.61. The molecule has 3 heterocycles. The summed E-state index contributed by atoms with van der Waals surface area (Å²) in [5, 5.41) is 10.0. The maximum Gasteiger partial charge on any atom is 0.161 e. The van der Waals surface area contributed by atoms with Gasteiger partial charge in [-0.3, -0.25) is 9.88 Å². The molecule has 0 unspecified atom stereocenters. The number of rotatable bonds is 5. The molecule has 0 bridgehead atoms. The van der Waals surface area contributed by atoms with Crippen LogP contribution < -0.4 is 4.90 Å². The van der Waals surface area contributed by atoms with E-state index in [1.165, 1.54) is 0 Å². The molecule has 0 atom stereocenters. The average molecular weight is 341 g/mol. The fraction of sp³-hybridized carbons (Fsp3) is 0.526. The molecule has 2 aromatic heterocycles. The zero-order valence-electron chi connectivity index (χ0n) is 15.3. The van der Waals surface area contributed by atoms with Gasteiger partial charge in [-0.2, -0.15) is 0 Å². The van der Waals surface area contributed by atoms with Crippen LogP contribution in [0.2, 0.25) is 0 Å². The van der Waals surface area contributed by atoms with E-state index in [-0.39, 0.29) is 0 Å². The van der Waals surface area contributed by atoms with Crippen molar-refractivity contribution in [2.75, 3.05) is 37.6 Å². The number of hydrogen-bond donors (Lipinski definition) is 1. The van der Waals surface area contributed by atoms with Crippen LogP contribution in [0.4, 0.5) is 5.82 Å². The summed E-state index contributed by atoms with van der Waals surface area (Å²) in [6, 6.07) is 5.98. The van der Waals surface area contributed by atoms with E-state index in [0.717, 1.165) is 55.5 Å². The van der Waals surface area contributed by atoms with Crippen LogP contribution in [0.25, 0.3) is 11.4 Å². The van der Waals surface area contributed by atoms with Crippen LogP contribution in [0.3, 0.4) is 0 Å². The molecule has 1 aliphatic rings. The van der Waals surface area contributed by atoms with Crippen molar-refractivity contribution < 1.29 is 5.11 Å². The number of anilines is 1. The number of aryl methyl sites for hydroxylation is 1. The van der Waals surface area contributed by atoms with E-state index in [9.17, 15) is 5.11 Å². The molecular weight excluding hydrogens is 314 g/mol. The quantitative estimate of drug-likeness (QED) is 0.897. The molecule has 0 aromatic carbocycles. The molecule has 2 aromatic rings. The normalized spacial score (nSPS) is 16.2. The van der Waals surface area contributed by atoms with Crippen LogP contribution in [0.5, 0.6) is 0 Å². The van der Waals surface area contributed by atoms with Crippen molar-refractivity contribution in [1.29, 1.82) is 0 Å². The van der Waals surface area contributed by atoms with Crippen LogP contribution in [0.1, 0.15) is 26.5 Å². The smallest absolute Gasteiger partial charge is 0.161 e. The summed E-state index contributed by atoms with van der Waals surface area (Å²) in [6.45, 7) is 10.2. The Morgan fingerprint density at radius 2 is 1.76 bits per heavy atom. The SMILES string of the molecule is CCc1cc(N2CCN(CC(C)(C)O)CC2)nc(-c2ccncc2)n1. The lowest BCUT2D eigenvalue weighted by atomic mass is 10.1. The molecule has 0 aliphatic carbocycles. The second kappa shape index (κ2) is 7.45. The number of β-amino-alcohol motifs (C(OH)–C–C–N with tert-alkyl or cyclic N) is 1. The van der Waals surface area contributed by atoms with Gasteiger partial charge in [-0.05, 0) is 32.4 Å². The predicted molar refractivity (Wildman–Crippen MR) is 99.6 cm³/mol. The van der Waals surface area contributed by atoms with Crippen LogP contribution in [0.15, 0.2) is 30.6 Å². The molecule has 3 rings (SSSR count). The molecule has 1 fully saturated rings. The molecule has 1 saturated heterocycles. The number of hydrogen-bond acceptors (Lipinski definition) is 6. The van der Waals surface area contributed by atoms with Crippen molar-refractivity contribution in [3.8, 4) is 11.4 Å². The Bertz CT molecular complexity index is 691. The summed E-state index contributed by atoms with van der Waals surface area (Å²) < 4.78 is 0. The van der Waals surface area contributed by atoms with Crippen LogP contribution in [-0.4, -0.2) is 63.3 Å². The fourth-order valence-corrected chi connectivity index (χ4v) is 3.14. The summed E-state index contributed by atoms with van der Waals surface area (Å²) in [5.74, 6) is 1.75. The standard InChI is InChI=1S/C19H27N5O/c1-4-16-13-17(22-18(21-16)15-5-7-20-8-6-15)24-11-9-23(10-12-24)14-19(2,3)25/h5-8,13,25H,4,9-12,14H2,1-3H3. The Balaban J connectivity index is 1.77. The lowest BCUT2D eigenvalue weighted by Gasteiger charge is -2.38. The van der Waals surface area contributed by atoms with E-state index >= 15 is 0 Å². The van der Waals surface area contributed by atoms with Crippen molar-refractivity contribution in [2.24, 2.45) is 0 Å². The molecule has 1 aliphatic heterocycles. The molecule has 0 spiro atoms. The highest BCUT2D eigenvalue weighted by molar-refractivity contribution is 5.57. The Labute approximate surface area is 149 Å². The van der Waals surface area contributed by atoms with Crippen molar-refractivity contribution in [1.82, 2.24) is 19.9 Å². The lowest BCUT2D eigenvalue weighted by Crippen LogP contribution is -2.50. The molecule has 6 nitrogen and oxygen atoms in total. The summed E-state index contributed by atoms with van der Waals surface area (Å²) in [6.07, 6.45) is 4.42. The molecular formula is C19H27N5O. The van der Waals surface area contributed by atoms with Crippen LogP contribution in [0, 0.1) is 0 Å². The van der Waals surface area contributed by atoms with Gasteiger partial charge in [-0.1, -0.05) is 6.92 Å². The van der Waals surface area contributed by atoms with Gasteiger partial charge in [0.05, 0.1) is 5.60 Å². The third-order valence-electron chi connectivity index (χ3n) is 4.37. The van der Waals surface area contributed by atoms with Crippen LogP contribution in [-0.2, 0) is 6.42 Å². The van der Waals surface area contributed by atoms with Crippen molar-refractivity contribution in [3.05, 3.63) is 36.3 Å². The number of piperazine rings is 1. The Morgan fingerprint density at radius 1 is 1.08 bits per heavy atom. The Hall–Kier alpha value is -2.05. The van der Waals surface area contributed by atoms with E-state index in [1.807, 2.05) is 26.0 Å². The van der Waals surface area contributed by atoms with Gasteiger partial charge in [0.1, 0.15) is 5.82 Å².